The third-order valence-electron chi connectivity index (χ3n) is 6.50. The lowest BCUT2D eigenvalue weighted by molar-refractivity contribution is -0.198. The summed E-state index contributed by atoms with van der Waals surface area (Å²) in [5.41, 5.74) is 8.81. The van der Waals surface area contributed by atoms with Crippen molar-refractivity contribution < 1.29 is 37.3 Å². The Balaban J connectivity index is 1.52. The van der Waals surface area contributed by atoms with Crippen molar-refractivity contribution in [3.8, 4) is 28.3 Å². The van der Waals surface area contributed by atoms with E-state index in [9.17, 15) is 27.9 Å². The monoisotopic (exact) mass is 622 g/mol. The minimum Gasteiger partial charge on any atom is -0.480 e. The average molecular weight is 623 g/mol. The van der Waals surface area contributed by atoms with Crippen molar-refractivity contribution in [3.05, 3.63) is 95.6 Å². The fourth-order valence-corrected chi connectivity index (χ4v) is 4.47. The summed E-state index contributed by atoms with van der Waals surface area (Å²) in [5, 5.41) is 11.9. The van der Waals surface area contributed by atoms with Crippen LogP contribution in [0.4, 0.5) is 23.9 Å². The number of hydrogen-bond donors (Lipinski definition) is 3. The van der Waals surface area contributed by atoms with Crippen LogP contribution in [0.25, 0.3) is 22.4 Å². The number of nitrogens with zero attached hydrogens (tertiary/aromatic N) is 2. The van der Waals surface area contributed by atoms with Gasteiger partial charge in [0.25, 0.3) is 0 Å². The van der Waals surface area contributed by atoms with Gasteiger partial charge in [-0.05, 0) is 44.4 Å². The molecule has 236 valence electrons. The summed E-state index contributed by atoms with van der Waals surface area (Å²) in [6, 6.07) is 20.0. The van der Waals surface area contributed by atoms with Gasteiger partial charge in [-0.2, -0.15) is 18.2 Å². The first-order valence-electron chi connectivity index (χ1n) is 13.9. The van der Waals surface area contributed by atoms with Gasteiger partial charge in [-0.3, -0.25) is 0 Å². The summed E-state index contributed by atoms with van der Waals surface area (Å²) in [5.74, 6) is -1.92. The second kappa shape index (κ2) is 13.2. The number of alkyl halides is 3. The second-order valence-corrected chi connectivity index (χ2v) is 11.4. The number of carbonyl (C=O) groups excluding carboxylic acids is 1. The number of carboxylic acid groups (broad SMARTS) is 1. The molecule has 1 amide bonds. The fourth-order valence-electron chi connectivity index (χ4n) is 4.47. The number of hydrogen-bond acceptors (Lipinski definition) is 7. The Morgan fingerprint density at radius 3 is 2.13 bits per heavy atom. The van der Waals surface area contributed by atoms with Crippen LogP contribution >= 0.6 is 0 Å². The summed E-state index contributed by atoms with van der Waals surface area (Å²) < 4.78 is 53.1. The van der Waals surface area contributed by atoms with Gasteiger partial charge in [-0.25, -0.2) is 14.6 Å². The van der Waals surface area contributed by atoms with Gasteiger partial charge in [-0.15, -0.1) is 0 Å². The highest BCUT2D eigenvalue weighted by Crippen LogP contribution is 2.38. The van der Waals surface area contributed by atoms with E-state index in [0.717, 1.165) is 16.7 Å². The van der Waals surface area contributed by atoms with Crippen molar-refractivity contribution in [2.75, 3.05) is 5.73 Å². The first-order valence-corrected chi connectivity index (χ1v) is 13.9. The zero-order valence-electron chi connectivity index (χ0n) is 25.1. The number of anilines is 1. The maximum Gasteiger partial charge on any atom is 0.429 e. The molecule has 12 heteroatoms. The third kappa shape index (κ3) is 9.18. The number of amides is 1. The first kappa shape index (κ1) is 32.8. The van der Waals surface area contributed by atoms with E-state index in [2.05, 4.69) is 15.3 Å². The molecule has 4 rings (SSSR count). The molecule has 0 saturated heterocycles. The number of carbonyl (C=O) groups is 2. The van der Waals surface area contributed by atoms with Crippen LogP contribution in [0.15, 0.2) is 78.9 Å². The molecule has 4 N–H and O–H groups in total. The number of nitrogens with one attached hydrogen (secondary N) is 1. The number of halogens is 3. The van der Waals surface area contributed by atoms with Crippen LogP contribution in [-0.2, 0) is 16.0 Å². The fraction of sp³-hybridized carbons (Fsp3) is 0.273. The van der Waals surface area contributed by atoms with Crippen molar-refractivity contribution in [1.82, 2.24) is 15.3 Å². The smallest absolute Gasteiger partial charge is 0.429 e. The third-order valence-corrected chi connectivity index (χ3v) is 6.50. The number of aliphatic carboxylic acids is 1. The molecule has 0 fully saturated rings. The Hall–Kier alpha value is -5.13. The van der Waals surface area contributed by atoms with E-state index in [1.54, 1.807) is 57.2 Å². The van der Waals surface area contributed by atoms with Crippen LogP contribution in [-0.4, -0.2) is 45.0 Å². The first-order chi connectivity index (χ1) is 21.1. The molecule has 0 aliphatic rings. The minimum absolute atomic E-state index is 0.0505. The van der Waals surface area contributed by atoms with E-state index in [1.807, 2.05) is 31.2 Å². The largest absolute Gasteiger partial charge is 0.480 e. The van der Waals surface area contributed by atoms with Crippen molar-refractivity contribution in [2.24, 2.45) is 0 Å². The van der Waals surface area contributed by atoms with Gasteiger partial charge in [0.2, 0.25) is 17.9 Å². The lowest BCUT2D eigenvalue weighted by Crippen LogP contribution is -2.44. The van der Waals surface area contributed by atoms with Gasteiger partial charge in [0, 0.05) is 23.6 Å². The van der Waals surface area contributed by atoms with E-state index in [1.165, 1.54) is 18.2 Å². The Morgan fingerprint density at radius 1 is 0.911 bits per heavy atom. The lowest BCUT2D eigenvalue weighted by Gasteiger charge is -2.22. The number of rotatable bonds is 9. The molecule has 1 heterocycles. The predicted octanol–water partition coefficient (Wildman–Crippen LogP) is 6.90. The molecular weight excluding hydrogens is 589 g/mol. The molecule has 45 heavy (non-hydrogen) atoms. The molecule has 2 atom stereocenters. The SMILES string of the molecule is Cc1cccc(-c2ccc([C@@H](Oc3cc(-c4ccc(C[C@H](NC(=O)OC(C)(C)C)C(=O)O)cc4)nc(N)n3)C(F)(F)F)cc2)c1. The quantitative estimate of drug-likeness (QED) is 0.183. The number of ether oxygens (including phenoxy) is 2. The molecular formula is C33H33F3N4O5. The number of nitrogens with two attached hydrogens (primary N) is 1. The van der Waals surface area contributed by atoms with Gasteiger partial charge in [0.15, 0.2) is 0 Å². The Labute approximate surface area is 258 Å². The molecule has 3 aromatic carbocycles. The average Bonchev–Trinajstić information content (AvgIpc) is 2.94. The molecule has 0 bridgehead atoms. The van der Waals surface area contributed by atoms with Crippen LogP contribution < -0.4 is 15.8 Å². The topological polar surface area (TPSA) is 137 Å². The normalized spacial score (nSPS) is 13.0. The van der Waals surface area contributed by atoms with E-state index in [4.69, 9.17) is 15.2 Å². The molecule has 0 aliphatic heterocycles. The summed E-state index contributed by atoms with van der Waals surface area (Å²) in [6.45, 7) is 6.91. The molecule has 0 unspecified atom stereocenters. The Bertz CT molecular complexity index is 1650. The van der Waals surface area contributed by atoms with Gasteiger partial charge >= 0.3 is 18.2 Å². The van der Waals surface area contributed by atoms with Gasteiger partial charge in [0.1, 0.15) is 11.6 Å². The molecule has 4 aromatic rings. The van der Waals surface area contributed by atoms with Crippen molar-refractivity contribution in [3.63, 3.8) is 0 Å². The van der Waals surface area contributed by atoms with Crippen molar-refractivity contribution in [2.45, 2.75) is 58.0 Å². The maximum atomic E-state index is 14.2. The predicted molar refractivity (Wildman–Crippen MR) is 162 cm³/mol. The van der Waals surface area contributed by atoms with Crippen molar-refractivity contribution >= 4 is 18.0 Å². The minimum atomic E-state index is -4.76. The number of alkyl carbamates (subject to hydrolysis) is 1. The van der Waals surface area contributed by atoms with E-state index < -0.39 is 36.0 Å². The Morgan fingerprint density at radius 2 is 1.56 bits per heavy atom. The number of benzene rings is 3. The van der Waals surface area contributed by atoms with Crippen LogP contribution in [0.3, 0.4) is 0 Å². The second-order valence-electron chi connectivity index (χ2n) is 11.4. The molecule has 9 nitrogen and oxygen atoms in total. The number of aryl methyl sites for hydroxylation is 1. The van der Waals surface area contributed by atoms with Gasteiger partial charge in [0.05, 0.1) is 5.69 Å². The summed E-state index contributed by atoms with van der Waals surface area (Å²) in [7, 11) is 0. The number of nitrogen functional groups attached to an aromatic ring is 1. The van der Waals surface area contributed by atoms with Gasteiger partial charge in [-0.1, -0.05) is 78.4 Å². The summed E-state index contributed by atoms with van der Waals surface area (Å²) >= 11 is 0. The maximum absolute atomic E-state index is 14.2. The molecule has 0 saturated carbocycles. The number of aromatic nitrogens is 2. The van der Waals surface area contributed by atoms with Crippen LogP contribution in [0.5, 0.6) is 5.88 Å². The zero-order chi connectivity index (χ0) is 32.9. The highest BCUT2D eigenvalue weighted by Gasteiger charge is 2.43. The van der Waals surface area contributed by atoms with E-state index in [0.29, 0.717) is 11.1 Å². The highest BCUT2D eigenvalue weighted by atomic mass is 19.4. The van der Waals surface area contributed by atoms with Crippen LogP contribution in [0.1, 0.15) is 43.6 Å². The number of carboxylic acids is 1. The molecule has 0 spiro atoms. The molecule has 0 radical (unpaired) electrons. The standard InChI is InChI=1S/C33H33F3N4O5/c1-19-6-5-7-24(16-19)21-12-14-23(15-13-21)28(33(34,35)36)44-27-18-25(38-30(37)40-27)22-10-8-20(9-11-22)17-26(29(41)42)39-31(43)45-32(2,3)4/h5-16,18,26,28H,17H2,1-4H3,(H,39,43)(H,41,42)(H2,37,38,40)/t26-,28+/m0/s1. The highest BCUT2D eigenvalue weighted by molar-refractivity contribution is 5.80. The van der Waals surface area contributed by atoms with Crippen LogP contribution in [0, 0.1) is 6.92 Å². The van der Waals surface area contributed by atoms with Gasteiger partial charge < -0.3 is 25.6 Å². The Kier molecular flexibility index (Phi) is 9.65. The lowest BCUT2D eigenvalue weighted by atomic mass is 10.0. The summed E-state index contributed by atoms with van der Waals surface area (Å²) in [4.78, 5) is 31.8. The molecule has 1 aromatic heterocycles. The van der Waals surface area contributed by atoms with Crippen molar-refractivity contribution in [1.29, 1.82) is 0 Å². The molecule has 0 aliphatic carbocycles. The van der Waals surface area contributed by atoms with E-state index in [-0.39, 0.29) is 29.5 Å². The summed E-state index contributed by atoms with van der Waals surface area (Å²) in [6.07, 6.45) is -8.00. The van der Waals surface area contributed by atoms with Crippen LogP contribution in [0.2, 0.25) is 0 Å². The van der Waals surface area contributed by atoms with E-state index >= 15 is 0 Å². The zero-order valence-corrected chi connectivity index (χ0v) is 25.1.